The Labute approximate surface area is 186 Å². The van der Waals surface area contributed by atoms with Crippen molar-refractivity contribution >= 4 is 37.5 Å². The van der Waals surface area contributed by atoms with Crippen LogP contribution < -0.4 is 14.8 Å². The number of rotatable bonds is 9. The van der Waals surface area contributed by atoms with Crippen LogP contribution in [0.5, 0.6) is 5.75 Å². The molecule has 0 unspecified atom stereocenters. The van der Waals surface area contributed by atoms with Crippen molar-refractivity contribution in [3.05, 3.63) is 72.8 Å². The summed E-state index contributed by atoms with van der Waals surface area (Å²) >= 11 is 1.45. The Morgan fingerprint density at radius 1 is 0.903 bits per heavy atom. The molecule has 1 heterocycles. The minimum atomic E-state index is -3.55. The van der Waals surface area contributed by atoms with E-state index in [2.05, 4.69) is 14.4 Å². The lowest BCUT2D eigenvalue weighted by Crippen LogP contribution is -2.26. The normalized spacial score (nSPS) is 11.5. The zero-order valence-electron chi connectivity index (χ0n) is 17.0. The molecule has 4 aromatic rings. The summed E-state index contributed by atoms with van der Waals surface area (Å²) in [6, 6.07) is 22.6. The van der Waals surface area contributed by atoms with Crippen LogP contribution in [0.2, 0.25) is 0 Å². The van der Waals surface area contributed by atoms with Crippen LogP contribution in [0.25, 0.3) is 21.2 Å². The van der Waals surface area contributed by atoms with Crippen molar-refractivity contribution in [1.82, 2.24) is 9.10 Å². The molecular weight excluding hydrogens is 430 g/mol. The van der Waals surface area contributed by atoms with E-state index in [-0.39, 0.29) is 4.90 Å². The summed E-state index contributed by atoms with van der Waals surface area (Å²) < 4.78 is 38.5. The third kappa shape index (κ3) is 5.04. The van der Waals surface area contributed by atoms with E-state index >= 15 is 0 Å². The van der Waals surface area contributed by atoms with Crippen molar-refractivity contribution in [1.29, 1.82) is 0 Å². The highest BCUT2D eigenvalue weighted by molar-refractivity contribution is 7.89. The predicted molar refractivity (Wildman–Crippen MR) is 126 cm³/mol. The van der Waals surface area contributed by atoms with Crippen LogP contribution in [0.4, 0.5) is 5.82 Å². The molecular formula is C23H23N3O3S2. The second kappa shape index (κ2) is 9.47. The van der Waals surface area contributed by atoms with Crippen molar-refractivity contribution in [3.8, 4) is 16.9 Å². The average molecular weight is 454 g/mol. The first kappa shape index (κ1) is 21.3. The molecule has 0 aliphatic rings. The van der Waals surface area contributed by atoms with E-state index in [1.807, 2.05) is 60.7 Å². The first-order chi connectivity index (χ1) is 15.1. The van der Waals surface area contributed by atoms with E-state index in [1.54, 1.807) is 19.2 Å². The van der Waals surface area contributed by atoms with Crippen LogP contribution >= 0.6 is 11.5 Å². The van der Waals surface area contributed by atoms with Gasteiger partial charge in [-0.15, -0.1) is 0 Å². The van der Waals surface area contributed by atoms with Gasteiger partial charge in [-0.2, -0.15) is 4.37 Å². The van der Waals surface area contributed by atoms with E-state index in [9.17, 15) is 8.42 Å². The summed E-state index contributed by atoms with van der Waals surface area (Å²) in [7, 11) is -1.93. The van der Waals surface area contributed by atoms with Gasteiger partial charge >= 0.3 is 0 Å². The SMILES string of the molecule is COc1ccc(-c2ccc(S(=O)(=O)NCCCNc3nsc4ccccc34)cc2)cc1. The lowest BCUT2D eigenvalue weighted by molar-refractivity contribution is 0.415. The van der Waals surface area contributed by atoms with Gasteiger partial charge < -0.3 is 10.1 Å². The second-order valence-corrected chi connectivity index (χ2v) is 9.53. The number of methoxy groups -OCH3 is 1. The molecule has 0 saturated carbocycles. The molecule has 31 heavy (non-hydrogen) atoms. The monoisotopic (exact) mass is 453 g/mol. The van der Waals surface area contributed by atoms with Gasteiger partial charge in [-0.25, -0.2) is 13.1 Å². The largest absolute Gasteiger partial charge is 0.497 e. The maximum absolute atomic E-state index is 12.6. The lowest BCUT2D eigenvalue weighted by atomic mass is 10.1. The Hall–Kier alpha value is -2.94. The van der Waals surface area contributed by atoms with Crippen molar-refractivity contribution in [3.63, 3.8) is 0 Å². The third-order valence-corrected chi connectivity index (χ3v) is 7.21. The molecule has 0 aliphatic carbocycles. The number of anilines is 1. The predicted octanol–water partition coefficient (Wildman–Crippen LogP) is 4.75. The van der Waals surface area contributed by atoms with Gasteiger partial charge in [0.15, 0.2) is 0 Å². The quantitative estimate of drug-likeness (QED) is 0.358. The van der Waals surface area contributed by atoms with Crippen molar-refractivity contribution in [2.24, 2.45) is 0 Å². The van der Waals surface area contributed by atoms with Crippen LogP contribution in [0.3, 0.4) is 0 Å². The van der Waals surface area contributed by atoms with Crippen LogP contribution in [0, 0.1) is 0 Å². The van der Waals surface area contributed by atoms with Gasteiger partial charge in [-0.3, -0.25) is 0 Å². The van der Waals surface area contributed by atoms with E-state index in [1.165, 1.54) is 11.5 Å². The van der Waals surface area contributed by atoms with E-state index in [0.717, 1.165) is 32.8 Å². The highest BCUT2D eigenvalue weighted by atomic mass is 32.2. The molecule has 160 valence electrons. The molecule has 2 N–H and O–H groups in total. The van der Waals surface area contributed by atoms with Crippen LogP contribution in [0.15, 0.2) is 77.7 Å². The van der Waals surface area contributed by atoms with Crippen molar-refractivity contribution < 1.29 is 13.2 Å². The number of aromatic nitrogens is 1. The fourth-order valence-electron chi connectivity index (χ4n) is 3.21. The van der Waals surface area contributed by atoms with Crippen LogP contribution in [-0.2, 0) is 10.0 Å². The molecule has 0 radical (unpaired) electrons. The van der Waals surface area contributed by atoms with Gasteiger partial charge in [-0.05, 0) is 65.5 Å². The summed E-state index contributed by atoms with van der Waals surface area (Å²) in [5, 5.41) is 4.37. The first-order valence-corrected chi connectivity index (χ1v) is 12.1. The summed E-state index contributed by atoms with van der Waals surface area (Å²) in [5.74, 6) is 1.63. The van der Waals surface area contributed by atoms with Crippen molar-refractivity contribution in [2.45, 2.75) is 11.3 Å². The molecule has 8 heteroatoms. The van der Waals surface area contributed by atoms with Gasteiger partial charge in [0.25, 0.3) is 0 Å². The van der Waals surface area contributed by atoms with E-state index in [4.69, 9.17) is 4.74 Å². The summed E-state index contributed by atoms with van der Waals surface area (Å²) in [6.07, 6.45) is 0.648. The Morgan fingerprint density at radius 3 is 2.29 bits per heavy atom. The van der Waals surface area contributed by atoms with Crippen LogP contribution in [-0.4, -0.2) is 33.0 Å². The number of fused-ring (bicyclic) bond motifs is 1. The molecule has 1 aromatic heterocycles. The number of hydrogen-bond acceptors (Lipinski definition) is 6. The topological polar surface area (TPSA) is 80.3 Å². The summed E-state index contributed by atoms with van der Waals surface area (Å²) in [6.45, 7) is 0.976. The molecule has 3 aromatic carbocycles. The number of nitrogens with zero attached hydrogens (tertiary/aromatic N) is 1. The first-order valence-electron chi connectivity index (χ1n) is 9.89. The standard InChI is InChI=1S/C23H23N3O3S2/c1-29-19-11-7-17(8-12-19)18-9-13-20(14-10-18)31(27,28)25-16-4-15-24-23-21-5-2-3-6-22(21)30-26-23/h2-3,5-14,25H,4,15-16H2,1H3,(H,24,26). The Kier molecular flexibility index (Phi) is 6.50. The molecule has 0 amide bonds. The fourth-order valence-corrected chi connectivity index (χ4v) is 5.04. The second-order valence-electron chi connectivity index (χ2n) is 6.96. The van der Waals surface area contributed by atoms with Crippen molar-refractivity contribution in [2.75, 3.05) is 25.5 Å². The number of benzene rings is 3. The zero-order chi connectivity index (χ0) is 21.7. The van der Waals surface area contributed by atoms with Gasteiger partial charge in [0, 0.05) is 18.5 Å². The van der Waals surface area contributed by atoms with Crippen LogP contribution in [0.1, 0.15) is 6.42 Å². The van der Waals surface area contributed by atoms with E-state index < -0.39 is 10.0 Å². The number of sulfonamides is 1. The smallest absolute Gasteiger partial charge is 0.240 e. The van der Waals surface area contributed by atoms with Gasteiger partial charge in [0.2, 0.25) is 10.0 Å². The molecule has 0 spiro atoms. The van der Waals surface area contributed by atoms with Gasteiger partial charge in [-0.1, -0.05) is 36.4 Å². The lowest BCUT2D eigenvalue weighted by Gasteiger charge is -2.09. The fraction of sp³-hybridized carbons (Fsp3) is 0.174. The minimum absolute atomic E-state index is 0.253. The molecule has 0 atom stereocenters. The molecule has 0 bridgehead atoms. The maximum Gasteiger partial charge on any atom is 0.240 e. The number of ether oxygens (including phenoxy) is 1. The zero-order valence-corrected chi connectivity index (χ0v) is 18.7. The highest BCUT2D eigenvalue weighted by Crippen LogP contribution is 2.26. The Balaban J connectivity index is 1.30. The number of hydrogen-bond donors (Lipinski definition) is 2. The average Bonchev–Trinajstić information content (AvgIpc) is 3.22. The summed E-state index contributed by atoms with van der Waals surface area (Å²) in [5.41, 5.74) is 1.94. The van der Waals surface area contributed by atoms with E-state index in [0.29, 0.717) is 19.5 Å². The molecule has 0 aliphatic heterocycles. The minimum Gasteiger partial charge on any atom is -0.497 e. The molecule has 0 fully saturated rings. The van der Waals surface area contributed by atoms with Gasteiger partial charge in [0.1, 0.15) is 11.6 Å². The molecule has 6 nitrogen and oxygen atoms in total. The highest BCUT2D eigenvalue weighted by Gasteiger charge is 2.13. The summed E-state index contributed by atoms with van der Waals surface area (Å²) in [4.78, 5) is 0.253. The third-order valence-electron chi connectivity index (χ3n) is 4.90. The van der Waals surface area contributed by atoms with Gasteiger partial charge in [0.05, 0.1) is 16.7 Å². The molecule has 4 rings (SSSR count). The maximum atomic E-state index is 12.6. The number of nitrogens with one attached hydrogen (secondary N) is 2. The molecule has 0 saturated heterocycles. The Morgan fingerprint density at radius 2 is 1.58 bits per heavy atom. The Bertz CT molecular complexity index is 1250.